The van der Waals surface area contributed by atoms with Crippen molar-refractivity contribution in [2.75, 3.05) is 10.2 Å². The van der Waals surface area contributed by atoms with Crippen molar-refractivity contribution in [3.63, 3.8) is 0 Å². The number of aryl methyl sites for hydroxylation is 1. The number of anilines is 2. The normalized spacial score (nSPS) is 23.8. The van der Waals surface area contributed by atoms with Crippen LogP contribution in [0.15, 0.2) is 30.6 Å². The van der Waals surface area contributed by atoms with Crippen LogP contribution in [0.1, 0.15) is 54.2 Å². The van der Waals surface area contributed by atoms with Gasteiger partial charge in [-0.3, -0.25) is 9.59 Å². The van der Waals surface area contributed by atoms with Gasteiger partial charge >= 0.3 is 0 Å². The molecule has 2 aromatic rings. The van der Waals surface area contributed by atoms with E-state index in [1.54, 1.807) is 31.5 Å². The number of primary amides is 1. The molecule has 7 heteroatoms. The molecule has 0 spiro atoms. The summed E-state index contributed by atoms with van der Waals surface area (Å²) in [6, 6.07) is 5.30. The van der Waals surface area contributed by atoms with Crippen LogP contribution in [0.5, 0.6) is 0 Å². The lowest BCUT2D eigenvalue weighted by molar-refractivity contribution is -0.117. The first kappa shape index (κ1) is 18.4. The Morgan fingerprint density at radius 3 is 2.46 bits per heavy atom. The first-order valence-corrected chi connectivity index (χ1v) is 9.65. The molecule has 28 heavy (non-hydrogen) atoms. The van der Waals surface area contributed by atoms with Gasteiger partial charge in [-0.1, -0.05) is 6.92 Å². The van der Waals surface area contributed by atoms with Gasteiger partial charge in [-0.05, 0) is 55.0 Å². The molecule has 0 bridgehead atoms. The average molecular weight is 379 g/mol. The van der Waals surface area contributed by atoms with Crippen molar-refractivity contribution >= 4 is 23.5 Å². The Kier molecular flexibility index (Phi) is 4.53. The standard InChI is InChI=1S/C21H25N5O2/c1-11-9-23-21(24-10-11)25-18-12(2)19(14-4-5-14)26(13(3)27)17-7-6-15(20(22)28)8-16(17)18/h6-10,12,14,18-19H,4-5H2,1-3H3,(H2,22,28)(H,23,24,25)/t12-,18-,19-/m1/s1. The summed E-state index contributed by atoms with van der Waals surface area (Å²) < 4.78 is 0. The largest absolute Gasteiger partial charge is 0.366 e. The van der Waals surface area contributed by atoms with Crippen LogP contribution in [-0.2, 0) is 4.79 Å². The molecule has 0 unspecified atom stereocenters. The second-order valence-corrected chi connectivity index (χ2v) is 7.92. The van der Waals surface area contributed by atoms with Crippen LogP contribution in [-0.4, -0.2) is 27.8 Å². The summed E-state index contributed by atoms with van der Waals surface area (Å²) in [7, 11) is 0. The fourth-order valence-corrected chi connectivity index (χ4v) is 4.33. The number of benzene rings is 1. The maximum absolute atomic E-state index is 12.6. The number of hydrogen-bond acceptors (Lipinski definition) is 5. The van der Waals surface area contributed by atoms with E-state index in [9.17, 15) is 9.59 Å². The summed E-state index contributed by atoms with van der Waals surface area (Å²) in [5, 5.41) is 3.44. The lowest BCUT2D eigenvalue weighted by atomic mass is 9.79. The van der Waals surface area contributed by atoms with Gasteiger partial charge in [0.2, 0.25) is 17.8 Å². The van der Waals surface area contributed by atoms with Gasteiger partial charge in [-0.2, -0.15) is 0 Å². The Balaban J connectivity index is 1.82. The van der Waals surface area contributed by atoms with Gasteiger partial charge in [0.1, 0.15) is 0 Å². The van der Waals surface area contributed by atoms with Gasteiger partial charge in [0, 0.05) is 42.5 Å². The highest BCUT2D eigenvalue weighted by Crippen LogP contribution is 2.50. The van der Waals surface area contributed by atoms with Crippen LogP contribution in [0, 0.1) is 18.8 Å². The molecular formula is C21H25N5O2. The van der Waals surface area contributed by atoms with Crippen molar-refractivity contribution in [1.29, 1.82) is 0 Å². The SMILES string of the molecule is CC(=O)N1c2ccc(C(N)=O)cc2[C@H](Nc2ncc(C)cn2)[C@@H](C)[C@@H]1C1CC1. The molecule has 1 aromatic carbocycles. The van der Waals surface area contributed by atoms with Gasteiger partial charge in [-0.25, -0.2) is 9.97 Å². The van der Waals surface area contributed by atoms with E-state index in [0.717, 1.165) is 29.7 Å². The number of fused-ring (bicyclic) bond motifs is 1. The molecule has 2 aliphatic rings. The molecule has 3 atom stereocenters. The third-order valence-electron chi connectivity index (χ3n) is 5.78. The van der Waals surface area contributed by atoms with Crippen LogP contribution in [0.25, 0.3) is 0 Å². The molecular weight excluding hydrogens is 354 g/mol. The highest BCUT2D eigenvalue weighted by molar-refractivity contribution is 5.97. The van der Waals surface area contributed by atoms with E-state index < -0.39 is 5.91 Å². The van der Waals surface area contributed by atoms with E-state index in [-0.39, 0.29) is 23.9 Å². The van der Waals surface area contributed by atoms with Crippen LogP contribution in [0.2, 0.25) is 0 Å². The van der Waals surface area contributed by atoms with Gasteiger partial charge < -0.3 is 16.0 Å². The van der Waals surface area contributed by atoms with Gasteiger partial charge in [-0.15, -0.1) is 0 Å². The number of carbonyl (C=O) groups excluding carboxylic acids is 2. The molecule has 0 radical (unpaired) electrons. The highest BCUT2D eigenvalue weighted by Gasteiger charge is 2.47. The Morgan fingerprint density at radius 2 is 1.89 bits per heavy atom. The molecule has 3 N–H and O–H groups in total. The Morgan fingerprint density at radius 1 is 1.21 bits per heavy atom. The second-order valence-electron chi connectivity index (χ2n) is 7.92. The molecule has 1 aliphatic carbocycles. The lowest BCUT2D eigenvalue weighted by Gasteiger charge is -2.45. The van der Waals surface area contributed by atoms with Crippen molar-refractivity contribution in [2.45, 2.75) is 45.7 Å². The molecule has 4 rings (SSSR count). The predicted octanol–water partition coefficient (Wildman–Crippen LogP) is 2.82. The summed E-state index contributed by atoms with van der Waals surface area (Å²) >= 11 is 0. The van der Waals surface area contributed by atoms with Crippen molar-refractivity contribution in [1.82, 2.24) is 9.97 Å². The molecule has 1 aromatic heterocycles. The van der Waals surface area contributed by atoms with Crippen molar-refractivity contribution < 1.29 is 9.59 Å². The average Bonchev–Trinajstić information content (AvgIpc) is 3.49. The number of nitrogens with one attached hydrogen (secondary N) is 1. The molecule has 2 amide bonds. The lowest BCUT2D eigenvalue weighted by Crippen LogP contribution is -2.51. The predicted molar refractivity (Wildman–Crippen MR) is 107 cm³/mol. The summed E-state index contributed by atoms with van der Waals surface area (Å²) in [6.07, 6.45) is 5.79. The Labute approximate surface area is 164 Å². The molecule has 1 saturated carbocycles. The zero-order chi connectivity index (χ0) is 20.0. The zero-order valence-electron chi connectivity index (χ0n) is 16.3. The minimum Gasteiger partial charge on any atom is -0.366 e. The van der Waals surface area contributed by atoms with E-state index in [1.165, 1.54) is 0 Å². The topological polar surface area (TPSA) is 101 Å². The summed E-state index contributed by atoms with van der Waals surface area (Å²) in [5.74, 6) is 0.674. The number of rotatable bonds is 4. The quantitative estimate of drug-likeness (QED) is 0.851. The van der Waals surface area contributed by atoms with Crippen molar-refractivity contribution in [3.05, 3.63) is 47.3 Å². The minimum absolute atomic E-state index is 0.0156. The maximum Gasteiger partial charge on any atom is 0.248 e. The number of nitrogens with two attached hydrogens (primary N) is 1. The van der Waals surface area contributed by atoms with Crippen LogP contribution in [0.3, 0.4) is 0 Å². The molecule has 7 nitrogen and oxygen atoms in total. The number of nitrogens with zero attached hydrogens (tertiary/aromatic N) is 3. The Bertz CT molecular complexity index is 923. The number of aromatic nitrogens is 2. The summed E-state index contributed by atoms with van der Waals surface area (Å²) in [5.41, 5.74) is 8.63. The van der Waals surface area contributed by atoms with E-state index in [1.807, 2.05) is 17.9 Å². The molecule has 1 fully saturated rings. The fourth-order valence-electron chi connectivity index (χ4n) is 4.33. The third kappa shape index (κ3) is 3.21. The van der Waals surface area contributed by atoms with Crippen molar-refractivity contribution in [3.8, 4) is 0 Å². The second kappa shape index (κ2) is 6.89. The number of hydrogen-bond donors (Lipinski definition) is 2. The smallest absolute Gasteiger partial charge is 0.248 e. The van der Waals surface area contributed by atoms with Crippen molar-refractivity contribution in [2.24, 2.45) is 17.6 Å². The first-order chi connectivity index (χ1) is 13.4. The molecule has 1 aliphatic heterocycles. The Hall–Kier alpha value is -2.96. The molecule has 0 saturated heterocycles. The molecule has 146 valence electrons. The van der Waals surface area contributed by atoms with E-state index in [0.29, 0.717) is 17.4 Å². The van der Waals surface area contributed by atoms with E-state index >= 15 is 0 Å². The van der Waals surface area contributed by atoms with Gasteiger partial charge in [0.25, 0.3) is 0 Å². The molecule has 2 heterocycles. The zero-order valence-corrected chi connectivity index (χ0v) is 16.3. The third-order valence-corrected chi connectivity index (χ3v) is 5.78. The van der Waals surface area contributed by atoms with E-state index in [2.05, 4.69) is 22.2 Å². The fraction of sp³-hybridized carbons (Fsp3) is 0.429. The minimum atomic E-state index is -0.487. The van der Waals surface area contributed by atoms with Gasteiger partial charge in [0.15, 0.2) is 0 Å². The van der Waals surface area contributed by atoms with Crippen LogP contribution in [0.4, 0.5) is 11.6 Å². The van der Waals surface area contributed by atoms with E-state index in [4.69, 9.17) is 5.73 Å². The highest BCUT2D eigenvalue weighted by atomic mass is 16.2. The monoisotopic (exact) mass is 379 g/mol. The maximum atomic E-state index is 12.6. The summed E-state index contributed by atoms with van der Waals surface area (Å²) in [6.45, 7) is 5.69. The first-order valence-electron chi connectivity index (χ1n) is 9.65. The number of carbonyl (C=O) groups is 2. The summed E-state index contributed by atoms with van der Waals surface area (Å²) in [4.78, 5) is 35.0. The van der Waals surface area contributed by atoms with Crippen LogP contribution >= 0.6 is 0 Å². The van der Waals surface area contributed by atoms with Gasteiger partial charge in [0.05, 0.1) is 6.04 Å². The number of amides is 2. The van der Waals surface area contributed by atoms with Crippen LogP contribution < -0.4 is 16.0 Å².